The van der Waals surface area contributed by atoms with Gasteiger partial charge >= 0.3 is 0 Å². The molecule has 4 nitrogen and oxygen atoms in total. The highest BCUT2D eigenvalue weighted by molar-refractivity contribution is 8.03. The van der Waals surface area contributed by atoms with E-state index in [4.69, 9.17) is 4.74 Å². The first kappa shape index (κ1) is 15.8. The number of methoxy groups -OCH3 is 1. The summed E-state index contributed by atoms with van der Waals surface area (Å²) in [6, 6.07) is 7.46. The zero-order chi connectivity index (χ0) is 15.4. The van der Waals surface area contributed by atoms with Crippen molar-refractivity contribution in [3.05, 3.63) is 40.5 Å². The second-order valence-electron chi connectivity index (χ2n) is 5.19. The molecule has 0 aromatic heterocycles. The van der Waals surface area contributed by atoms with Crippen LogP contribution in [0.5, 0.6) is 5.75 Å². The number of hydrogen-bond donors (Lipinski definition) is 2. The van der Waals surface area contributed by atoms with Gasteiger partial charge in [0.15, 0.2) is 0 Å². The maximum atomic E-state index is 12.0. The fourth-order valence-corrected chi connectivity index (χ4v) is 3.19. The standard InChI is InChI=1S/C16H21NO3S/c1-4-10(2)13-14(18)15(16(19)17-13)21-9-11-6-5-7-12(8-11)20-3/h5-8,10,13,18H,4,9H2,1-3H3,(H,17,19). The quantitative estimate of drug-likeness (QED) is 0.847. The Morgan fingerprint density at radius 1 is 1.48 bits per heavy atom. The van der Waals surface area contributed by atoms with Crippen molar-refractivity contribution in [2.75, 3.05) is 7.11 Å². The van der Waals surface area contributed by atoms with Gasteiger partial charge in [-0.1, -0.05) is 32.4 Å². The Labute approximate surface area is 129 Å². The Balaban J connectivity index is 2.07. The molecule has 1 amide bonds. The molecule has 114 valence electrons. The maximum Gasteiger partial charge on any atom is 0.261 e. The normalized spacial score (nSPS) is 19.6. The molecule has 0 fully saturated rings. The number of thioether (sulfide) groups is 1. The maximum absolute atomic E-state index is 12.0. The predicted molar refractivity (Wildman–Crippen MR) is 85.3 cm³/mol. The van der Waals surface area contributed by atoms with Gasteiger partial charge in [0.25, 0.3) is 5.91 Å². The molecule has 1 aromatic carbocycles. The minimum absolute atomic E-state index is 0.175. The summed E-state index contributed by atoms with van der Waals surface area (Å²) in [7, 11) is 1.63. The highest BCUT2D eigenvalue weighted by atomic mass is 32.2. The van der Waals surface area contributed by atoms with Gasteiger partial charge in [0.05, 0.1) is 13.2 Å². The first-order valence-corrected chi connectivity index (χ1v) is 8.05. The van der Waals surface area contributed by atoms with E-state index >= 15 is 0 Å². The van der Waals surface area contributed by atoms with Crippen LogP contribution in [0.4, 0.5) is 0 Å². The number of ether oxygens (including phenoxy) is 1. The van der Waals surface area contributed by atoms with Crippen LogP contribution in [0.1, 0.15) is 25.8 Å². The summed E-state index contributed by atoms with van der Waals surface area (Å²) in [6.45, 7) is 4.07. The van der Waals surface area contributed by atoms with E-state index in [2.05, 4.69) is 5.32 Å². The van der Waals surface area contributed by atoms with Crippen LogP contribution in [0.25, 0.3) is 0 Å². The number of hydrogen-bond acceptors (Lipinski definition) is 4. The lowest BCUT2D eigenvalue weighted by Gasteiger charge is -2.17. The molecule has 1 aromatic rings. The van der Waals surface area contributed by atoms with Crippen LogP contribution < -0.4 is 10.1 Å². The zero-order valence-electron chi connectivity index (χ0n) is 12.6. The molecule has 21 heavy (non-hydrogen) atoms. The van der Waals surface area contributed by atoms with Crippen LogP contribution in [0, 0.1) is 5.92 Å². The number of nitrogens with one attached hydrogen (secondary N) is 1. The van der Waals surface area contributed by atoms with Crippen molar-refractivity contribution in [2.24, 2.45) is 5.92 Å². The zero-order valence-corrected chi connectivity index (χ0v) is 13.4. The van der Waals surface area contributed by atoms with E-state index in [0.29, 0.717) is 10.7 Å². The molecule has 0 saturated heterocycles. The van der Waals surface area contributed by atoms with Crippen molar-refractivity contribution in [1.82, 2.24) is 5.32 Å². The minimum atomic E-state index is -0.254. The van der Waals surface area contributed by atoms with E-state index in [1.807, 2.05) is 38.1 Å². The van der Waals surface area contributed by atoms with E-state index in [9.17, 15) is 9.90 Å². The van der Waals surface area contributed by atoms with E-state index in [1.165, 1.54) is 11.8 Å². The van der Waals surface area contributed by atoms with Crippen LogP contribution in [0.2, 0.25) is 0 Å². The SMILES string of the molecule is CCC(C)C1NC(=O)C(SCc2cccc(OC)c2)=C1O. The van der Waals surface area contributed by atoms with Crippen LogP contribution in [0.15, 0.2) is 34.9 Å². The number of amides is 1. The molecule has 0 bridgehead atoms. The van der Waals surface area contributed by atoms with Crippen LogP contribution in [-0.4, -0.2) is 24.2 Å². The van der Waals surface area contributed by atoms with E-state index in [0.717, 1.165) is 17.7 Å². The number of aliphatic hydroxyl groups is 1. The van der Waals surface area contributed by atoms with Crippen LogP contribution in [-0.2, 0) is 10.5 Å². The first-order valence-electron chi connectivity index (χ1n) is 7.06. The van der Waals surface area contributed by atoms with Gasteiger partial charge in [0.1, 0.15) is 16.4 Å². The van der Waals surface area contributed by atoms with Gasteiger partial charge in [-0.05, 0) is 23.6 Å². The number of carbonyl (C=O) groups is 1. The highest BCUT2D eigenvalue weighted by Crippen LogP contribution is 2.32. The van der Waals surface area contributed by atoms with Crippen molar-refractivity contribution in [3.8, 4) is 5.75 Å². The van der Waals surface area contributed by atoms with E-state index in [1.54, 1.807) is 7.11 Å². The molecule has 0 aliphatic carbocycles. The average molecular weight is 307 g/mol. The van der Waals surface area contributed by atoms with Crippen molar-refractivity contribution in [2.45, 2.75) is 32.1 Å². The lowest BCUT2D eigenvalue weighted by atomic mass is 9.99. The molecule has 1 aliphatic heterocycles. The summed E-state index contributed by atoms with van der Waals surface area (Å²) in [4.78, 5) is 12.4. The van der Waals surface area contributed by atoms with Gasteiger partial charge in [-0.15, -0.1) is 11.8 Å². The molecule has 2 unspecified atom stereocenters. The fourth-order valence-electron chi connectivity index (χ4n) is 2.24. The summed E-state index contributed by atoms with van der Waals surface area (Å²) >= 11 is 1.37. The number of carbonyl (C=O) groups excluding carboxylic acids is 1. The molecule has 0 radical (unpaired) electrons. The van der Waals surface area contributed by atoms with Crippen molar-refractivity contribution < 1.29 is 14.6 Å². The molecule has 2 N–H and O–H groups in total. The van der Waals surface area contributed by atoms with Gasteiger partial charge in [-0.25, -0.2) is 0 Å². The van der Waals surface area contributed by atoms with Crippen LogP contribution in [0.3, 0.4) is 0 Å². The topological polar surface area (TPSA) is 58.6 Å². The third-order valence-corrected chi connectivity index (χ3v) is 4.91. The third kappa shape index (κ3) is 3.53. The number of rotatable bonds is 6. The minimum Gasteiger partial charge on any atom is -0.509 e. The fraction of sp³-hybridized carbons (Fsp3) is 0.438. The van der Waals surface area contributed by atoms with Crippen molar-refractivity contribution in [3.63, 3.8) is 0 Å². The Morgan fingerprint density at radius 2 is 2.24 bits per heavy atom. The van der Waals surface area contributed by atoms with E-state index in [-0.39, 0.29) is 23.6 Å². The summed E-state index contributed by atoms with van der Waals surface area (Å²) in [6.07, 6.45) is 0.906. The van der Waals surface area contributed by atoms with Gasteiger partial charge in [0, 0.05) is 5.75 Å². The van der Waals surface area contributed by atoms with Gasteiger partial charge in [0.2, 0.25) is 0 Å². The summed E-state index contributed by atoms with van der Waals surface area (Å²) in [5, 5.41) is 13.1. The molecule has 2 rings (SSSR count). The summed E-state index contributed by atoms with van der Waals surface area (Å²) < 4.78 is 5.18. The Kier molecular flexibility index (Phi) is 5.17. The molecule has 0 saturated carbocycles. The Hall–Kier alpha value is -1.62. The molecule has 5 heteroatoms. The predicted octanol–water partition coefficient (Wildman–Crippen LogP) is 3.24. The Bertz CT molecular complexity index is 556. The molecular formula is C16H21NO3S. The lowest BCUT2D eigenvalue weighted by Crippen LogP contribution is -2.34. The van der Waals surface area contributed by atoms with Gasteiger partial charge in [-0.2, -0.15) is 0 Å². The summed E-state index contributed by atoms with van der Waals surface area (Å²) in [5.41, 5.74) is 1.06. The lowest BCUT2D eigenvalue weighted by molar-refractivity contribution is -0.116. The average Bonchev–Trinajstić information content (AvgIpc) is 2.79. The highest BCUT2D eigenvalue weighted by Gasteiger charge is 2.34. The monoisotopic (exact) mass is 307 g/mol. The van der Waals surface area contributed by atoms with Crippen molar-refractivity contribution in [1.29, 1.82) is 0 Å². The molecule has 1 aliphatic rings. The van der Waals surface area contributed by atoms with Crippen LogP contribution >= 0.6 is 11.8 Å². The Morgan fingerprint density at radius 3 is 2.90 bits per heavy atom. The molecular weight excluding hydrogens is 286 g/mol. The first-order chi connectivity index (χ1) is 10.1. The van der Waals surface area contributed by atoms with E-state index < -0.39 is 0 Å². The molecule has 0 spiro atoms. The second kappa shape index (κ2) is 6.89. The van der Waals surface area contributed by atoms with Gasteiger partial charge < -0.3 is 15.2 Å². The second-order valence-corrected chi connectivity index (χ2v) is 6.18. The third-order valence-electron chi connectivity index (χ3n) is 3.75. The summed E-state index contributed by atoms with van der Waals surface area (Å²) in [5.74, 6) is 1.65. The number of aliphatic hydroxyl groups excluding tert-OH is 1. The molecule has 1 heterocycles. The molecule has 2 atom stereocenters. The van der Waals surface area contributed by atoms with Crippen molar-refractivity contribution >= 4 is 17.7 Å². The van der Waals surface area contributed by atoms with Gasteiger partial charge in [-0.3, -0.25) is 4.79 Å². The smallest absolute Gasteiger partial charge is 0.261 e. The largest absolute Gasteiger partial charge is 0.509 e. The number of benzene rings is 1.